The summed E-state index contributed by atoms with van der Waals surface area (Å²) in [5.74, 6) is 0. The Balaban J connectivity index is 0. The Hall–Kier alpha value is 0.206. The number of allylic oxidation sites excluding steroid dienone is 1. The maximum absolute atomic E-state index is 3.81. The quantitative estimate of drug-likeness (QED) is 0.382. The number of benzene rings is 1. The summed E-state index contributed by atoms with van der Waals surface area (Å²) in [7, 11) is 0. The Kier molecular flexibility index (Phi) is 10.6. The van der Waals surface area contributed by atoms with Crippen LogP contribution in [0.2, 0.25) is 0 Å². The number of halogens is 1. The number of rotatable bonds is 3. The van der Waals surface area contributed by atoms with Crippen molar-refractivity contribution in [1.29, 1.82) is 0 Å². The Morgan fingerprint density at radius 1 is 1.15 bits per heavy atom. The van der Waals surface area contributed by atoms with E-state index in [0.29, 0.717) is 0 Å². The Morgan fingerprint density at radius 3 is 2.00 bits per heavy atom. The second-order valence-electron chi connectivity index (χ2n) is 2.56. The normalized spacial score (nSPS) is 8.08. The van der Waals surface area contributed by atoms with E-state index in [4.69, 9.17) is 0 Å². The molecule has 0 nitrogen and oxygen atoms in total. The first kappa shape index (κ1) is 15.7. The van der Waals surface area contributed by atoms with Crippen LogP contribution in [0.3, 0.4) is 0 Å². The Labute approximate surface area is 107 Å². The fourth-order valence-corrected chi connectivity index (χ4v) is 1.01. The van der Waals surface area contributed by atoms with Crippen molar-refractivity contribution in [3.63, 3.8) is 0 Å². The molecule has 0 aliphatic carbocycles. The second-order valence-corrected chi connectivity index (χ2v) is 2.56. The van der Waals surface area contributed by atoms with Crippen molar-refractivity contribution >= 4 is 23.1 Å². The van der Waals surface area contributed by atoms with Crippen molar-refractivity contribution < 1.29 is 17.0 Å². The van der Waals surface area contributed by atoms with Crippen LogP contribution in [0.15, 0.2) is 36.9 Å². The van der Waals surface area contributed by atoms with Crippen LogP contribution < -0.4 is 17.0 Å². The molecule has 1 rings (SSSR count). The predicted octanol–water partition coefficient (Wildman–Crippen LogP) is -0.585. The van der Waals surface area contributed by atoms with Gasteiger partial charge in [-0.15, -0.1) is 6.58 Å². The summed E-state index contributed by atoms with van der Waals surface area (Å²) in [4.78, 5) is 0. The SMILES string of the molecule is C=CCc1ccc(C[CH2-])cc1.[Br-].[Mg+2]. The molecule has 0 unspecified atom stereocenters. The van der Waals surface area contributed by atoms with Crippen LogP contribution in [-0.4, -0.2) is 23.1 Å². The fourth-order valence-electron chi connectivity index (χ4n) is 1.01. The molecule has 0 atom stereocenters. The summed E-state index contributed by atoms with van der Waals surface area (Å²) in [5, 5.41) is 0. The zero-order valence-corrected chi connectivity index (χ0v) is 10.8. The maximum Gasteiger partial charge on any atom is 2.00 e. The van der Waals surface area contributed by atoms with Crippen LogP contribution in [0.5, 0.6) is 0 Å². The van der Waals surface area contributed by atoms with Gasteiger partial charge in [0.1, 0.15) is 0 Å². The van der Waals surface area contributed by atoms with Gasteiger partial charge < -0.3 is 23.9 Å². The molecule has 0 radical (unpaired) electrons. The molecule has 2 heteroatoms. The molecule has 0 bridgehead atoms. The van der Waals surface area contributed by atoms with Crippen LogP contribution in [-0.2, 0) is 12.8 Å². The third-order valence-corrected chi connectivity index (χ3v) is 1.69. The van der Waals surface area contributed by atoms with Crippen molar-refractivity contribution in [2.24, 2.45) is 0 Å². The maximum atomic E-state index is 3.81. The van der Waals surface area contributed by atoms with E-state index in [-0.39, 0.29) is 40.0 Å². The van der Waals surface area contributed by atoms with Gasteiger partial charge in [-0.3, -0.25) is 0 Å². The van der Waals surface area contributed by atoms with Gasteiger partial charge in [0.15, 0.2) is 0 Å². The molecule has 0 spiro atoms. The van der Waals surface area contributed by atoms with Crippen LogP contribution in [0.25, 0.3) is 0 Å². The molecule has 0 aliphatic rings. The minimum absolute atomic E-state index is 0. The minimum Gasteiger partial charge on any atom is -1.00 e. The van der Waals surface area contributed by atoms with E-state index in [1.807, 2.05) is 6.08 Å². The molecule has 0 amide bonds. The average molecular weight is 249 g/mol. The molecular formula is C11H13BrMg. The van der Waals surface area contributed by atoms with Gasteiger partial charge >= 0.3 is 23.1 Å². The molecule has 0 saturated carbocycles. The van der Waals surface area contributed by atoms with E-state index in [2.05, 4.69) is 37.8 Å². The van der Waals surface area contributed by atoms with Crippen molar-refractivity contribution in [3.8, 4) is 0 Å². The Morgan fingerprint density at radius 2 is 1.62 bits per heavy atom. The van der Waals surface area contributed by atoms with Crippen molar-refractivity contribution in [2.45, 2.75) is 12.8 Å². The standard InChI is InChI=1S/C11H13.BrH.Mg/c1-3-5-11-8-6-10(4-2)7-9-11;;/h3,6-9H,1-2,4-5H2;1H;/q-1;;+2/p-1. The number of hydrogen-bond acceptors (Lipinski definition) is 0. The molecule has 13 heavy (non-hydrogen) atoms. The van der Waals surface area contributed by atoms with Crippen LogP contribution in [0, 0.1) is 6.92 Å². The van der Waals surface area contributed by atoms with Crippen molar-refractivity contribution in [2.75, 3.05) is 0 Å². The van der Waals surface area contributed by atoms with E-state index in [1.54, 1.807) is 0 Å². The summed E-state index contributed by atoms with van der Waals surface area (Å²) in [6.07, 6.45) is 3.74. The molecule has 0 aliphatic heterocycles. The van der Waals surface area contributed by atoms with Gasteiger partial charge in [-0.05, 0) is 12.0 Å². The van der Waals surface area contributed by atoms with Gasteiger partial charge in [0.25, 0.3) is 0 Å². The first-order chi connectivity index (χ1) is 5.36. The topological polar surface area (TPSA) is 0 Å². The zero-order valence-electron chi connectivity index (χ0n) is 7.80. The minimum atomic E-state index is 0. The molecule has 1 aromatic carbocycles. The Bertz CT molecular complexity index is 228. The number of hydrogen-bond donors (Lipinski definition) is 0. The third kappa shape index (κ3) is 5.50. The summed E-state index contributed by atoms with van der Waals surface area (Å²) >= 11 is 0. The molecule has 1 aromatic rings. The van der Waals surface area contributed by atoms with Crippen molar-refractivity contribution in [3.05, 3.63) is 55.0 Å². The van der Waals surface area contributed by atoms with Gasteiger partial charge in [-0.1, -0.05) is 35.9 Å². The predicted molar refractivity (Wildman–Crippen MR) is 55.2 cm³/mol. The molecular weight excluding hydrogens is 236 g/mol. The first-order valence-electron chi connectivity index (χ1n) is 3.84. The third-order valence-electron chi connectivity index (χ3n) is 1.69. The van der Waals surface area contributed by atoms with Gasteiger partial charge in [0.05, 0.1) is 0 Å². The van der Waals surface area contributed by atoms with E-state index in [0.717, 1.165) is 12.8 Å². The van der Waals surface area contributed by atoms with E-state index >= 15 is 0 Å². The summed E-state index contributed by atoms with van der Waals surface area (Å²) in [5.41, 5.74) is 2.61. The summed E-state index contributed by atoms with van der Waals surface area (Å²) in [6, 6.07) is 8.49. The molecule has 0 aromatic heterocycles. The van der Waals surface area contributed by atoms with Crippen molar-refractivity contribution in [1.82, 2.24) is 0 Å². The zero-order chi connectivity index (χ0) is 8.10. The van der Waals surface area contributed by atoms with Crippen LogP contribution >= 0.6 is 0 Å². The molecule has 66 valence electrons. The van der Waals surface area contributed by atoms with E-state index in [9.17, 15) is 0 Å². The largest absolute Gasteiger partial charge is 2.00 e. The van der Waals surface area contributed by atoms with Gasteiger partial charge in [-0.2, -0.15) is 6.42 Å². The fraction of sp³-hybridized carbons (Fsp3) is 0.182. The monoisotopic (exact) mass is 248 g/mol. The second kappa shape index (κ2) is 8.79. The molecule has 0 fully saturated rings. The van der Waals surface area contributed by atoms with E-state index < -0.39 is 0 Å². The van der Waals surface area contributed by atoms with Gasteiger partial charge in [-0.25, -0.2) is 0 Å². The van der Waals surface area contributed by atoms with Gasteiger partial charge in [0, 0.05) is 0 Å². The first-order valence-corrected chi connectivity index (χ1v) is 3.84. The van der Waals surface area contributed by atoms with Crippen LogP contribution in [0.4, 0.5) is 0 Å². The summed E-state index contributed by atoms with van der Waals surface area (Å²) in [6.45, 7) is 7.50. The average Bonchev–Trinajstić information content (AvgIpc) is 2.07. The molecule has 0 N–H and O–H groups in total. The molecule has 0 heterocycles. The summed E-state index contributed by atoms with van der Waals surface area (Å²) < 4.78 is 0. The smallest absolute Gasteiger partial charge is 1.00 e. The van der Waals surface area contributed by atoms with E-state index in [1.165, 1.54) is 11.1 Å². The van der Waals surface area contributed by atoms with Crippen LogP contribution in [0.1, 0.15) is 11.1 Å². The van der Waals surface area contributed by atoms with Gasteiger partial charge in [0.2, 0.25) is 0 Å². The molecule has 0 saturated heterocycles.